The SMILES string of the molecule is C=C1C(=O)O[C@@H]2/C=C(/C)[C@@H](OC(=O)CC(C)C)C[C@H]3O[C@]3(C)C[C@@H](OC(=O)[C@@]3(C)O[C@H]3C)[C@@H]12. The van der Waals surface area contributed by atoms with E-state index in [1.165, 1.54) is 0 Å². The van der Waals surface area contributed by atoms with E-state index in [9.17, 15) is 14.4 Å². The number of hydrogen-bond donors (Lipinski definition) is 0. The van der Waals surface area contributed by atoms with Gasteiger partial charge in [0.15, 0.2) is 5.60 Å². The fourth-order valence-electron chi connectivity index (χ4n) is 4.82. The van der Waals surface area contributed by atoms with Gasteiger partial charge in [0.25, 0.3) is 0 Å². The second-order valence-corrected chi connectivity index (χ2v) is 10.6. The average Bonchev–Trinajstić information content (AvgIpc) is 3.49. The Bertz CT molecular complexity index is 906. The first kappa shape index (κ1) is 24.0. The summed E-state index contributed by atoms with van der Waals surface area (Å²) in [5.74, 6) is -1.65. The topological polar surface area (TPSA) is 104 Å². The Labute approximate surface area is 194 Å². The van der Waals surface area contributed by atoms with E-state index < -0.39 is 47.4 Å². The van der Waals surface area contributed by atoms with Crippen molar-refractivity contribution in [1.82, 2.24) is 0 Å². The summed E-state index contributed by atoms with van der Waals surface area (Å²) in [5.41, 5.74) is -0.549. The standard InChI is InChI=1S/C25H34O8/c1-12(2)8-20(26)29-16-10-19-24(6,33-19)11-18(31-23(28)25(7)15(5)32-25)21-14(4)22(27)30-17(21)9-13(16)3/h9,12,15-19,21H,4,8,10-11H2,1-3,5-7H3/b13-9-/t15-,16-,17+,18+,19+,21-,24+,25-/m0/s1. The molecule has 0 N–H and O–H groups in total. The summed E-state index contributed by atoms with van der Waals surface area (Å²) in [7, 11) is 0. The molecule has 0 aromatic heterocycles. The lowest BCUT2D eigenvalue weighted by molar-refractivity contribution is -0.159. The van der Waals surface area contributed by atoms with Gasteiger partial charge in [-0.3, -0.25) is 4.79 Å². The number of esters is 3. The van der Waals surface area contributed by atoms with E-state index in [2.05, 4.69) is 6.58 Å². The first-order valence-electron chi connectivity index (χ1n) is 11.7. The molecule has 8 nitrogen and oxygen atoms in total. The molecule has 0 spiro atoms. The highest BCUT2D eigenvalue weighted by molar-refractivity contribution is 5.91. The smallest absolute Gasteiger partial charge is 0.341 e. The molecular formula is C25H34O8. The molecule has 0 unspecified atom stereocenters. The summed E-state index contributed by atoms with van der Waals surface area (Å²) in [5, 5.41) is 0. The molecule has 0 bridgehead atoms. The monoisotopic (exact) mass is 462 g/mol. The molecule has 8 heteroatoms. The second-order valence-electron chi connectivity index (χ2n) is 10.6. The molecular weight excluding hydrogens is 428 g/mol. The van der Waals surface area contributed by atoms with Crippen LogP contribution in [0, 0.1) is 11.8 Å². The Morgan fingerprint density at radius 3 is 2.52 bits per heavy atom. The van der Waals surface area contributed by atoms with E-state index in [1.54, 1.807) is 13.0 Å². The third kappa shape index (κ3) is 4.60. The van der Waals surface area contributed by atoms with Crippen molar-refractivity contribution in [2.45, 2.75) is 103 Å². The zero-order chi connectivity index (χ0) is 24.3. The van der Waals surface area contributed by atoms with Crippen molar-refractivity contribution in [3.63, 3.8) is 0 Å². The summed E-state index contributed by atoms with van der Waals surface area (Å²) in [6.45, 7) is 15.2. The lowest BCUT2D eigenvalue weighted by Gasteiger charge is -2.30. The Balaban J connectivity index is 1.63. The summed E-state index contributed by atoms with van der Waals surface area (Å²) in [4.78, 5) is 37.7. The van der Waals surface area contributed by atoms with Crippen molar-refractivity contribution in [1.29, 1.82) is 0 Å². The third-order valence-corrected chi connectivity index (χ3v) is 7.32. The van der Waals surface area contributed by atoms with Gasteiger partial charge in [-0.2, -0.15) is 0 Å². The van der Waals surface area contributed by atoms with E-state index >= 15 is 0 Å². The quantitative estimate of drug-likeness (QED) is 0.202. The highest BCUT2D eigenvalue weighted by atomic mass is 16.7. The Morgan fingerprint density at radius 1 is 1.24 bits per heavy atom. The molecule has 8 atom stereocenters. The van der Waals surface area contributed by atoms with Crippen LogP contribution in [0.15, 0.2) is 23.8 Å². The van der Waals surface area contributed by atoms with Gasteiger partial charge < -0.3 is 23.7 Å². The molecule has 3 saturated heterocycles. The van der Waals surface area contributed by atoms with Crippen molar-refractivity contribution in [2.24, 2.45) is 11.8 Å². The minimum Gasteiger partial charge on any atom is -0.459 e. The number of carbonyl (C=O) groups is 3. The van der Waals surface area contributed by atoms with Crippen LogP contribution in [0.4, 0.5) is 0 Å². The van der Waals surface area contributed by atoms with Gasteiger partial charge in [-0.05, 0) is 45.3 Å². The molecule has 1 aliphatic carbocycles. The van der Waals surface area contributed by atoms with Crippen LogP contribution in [-0.4, -0.2) is 59.6 Å². The molecule has 3 heterocycles. The van der Waals surface area contributed by atoms with Crippen LogP contribution in [0.5, 0.6) is 0 Å². The van der Waals surface area contributed by atoms with Gasteiger partial charge in [0.1, 0.15) is 18.3 Å². The summed E-state index contributed by atoms with van der Waals surface area (Å²) >= 11 is 0. The fraction of sp³-hybridized carbons (Fsp3) is 0.720. The van der Waals surface area contributed by atoms with Gasteiger partial charge in [0, 0.05) is 24.8 Å². The van der Waals surface area contributed by atoms with E-state index in [0.29, 0.717) is 19.3 Å². The normalized spacial score (nSPS) is 43.5. The van der Waals surface area contributed by atoms with Crippen molar-refractivity contribution in [2.75, 3.05) is 0 Å². The van der Waals surface area contributed by atoms with Crippen LogP contribution in [0.25, 0.3) is 0 Å². The van der Waals surface area contributed by atoms with Crippen LogP contribution in [-0.2, 0) is 38.1 Å². The molecule has 0 amide bonds. The molecule has 33 heavy (non-hydrogen) atoms. The van der Waals surface area contributed by atoms with Crippen LogP contribution >= 0.6 is 0 Å². The summed E-state index contributed by atoms with van der Waals surface area (Å²) in [6.07, 6.45) is 0.710. The van der Waals surface area contributed by atoms with Crippen molar-refractivity contribution < 1.29 is 38.1 Å². The minimum absolute atomic E-state index is 0.173. The molecule has 0 aromatic rings. The highest BCUT2D eigenvalue weighted by Gasteiger charge is 2.61. The van der Waals surface area contributed by atoms with Crippen LogP contribution in [0.2, 0.25) is 0 Å². The Kier molecular flexibility index (Phi) is 5.98. The number of rotatable bonds is 5. The van der Waals surface area contributed by atoms with Crippen LogP contribution < -0.4 is 0 Å². The molecule has 182 valence electrons. The maximum atomic E-state index is 12.9. The largest absolute Gasteiger partial charge is 0.459 e. The number of fused-ring (bicyclic) bond motifs is 2. The first-order chi connectivity index (χ1) is 15.3. The van der Waals surface area contributed by atoms with E-state index in [4.69, 9.17) is 23.7 Å². The maximum absolute atomic E-state index is 12.9. The predicted molar refractivity (Wildman–Crippen MR) is 117 cm³/mol. The zero-order valence-electron chi connectivity index (χ0n) is 20.2. The number of epoxide rings is 2. The van der Waals surface area contributed by atoms with E-state index in [-0.39, 0.29) is 29.7 Å². The second kappa shape index (κ2) is 8.24. The first-order valence-corrected chi connectivity index (χ1v) is 11.7. The van der Waals surface area contributed by atoms with Crippen molar-refractivity contribution >= 4 is 17.9 Å². The van der Waals surface area contributed by atoms with Crippen molar-refractivity contribution in [3.05, 3.63) is 23.8 Å². The van der Waals surface area contributed by atoms with Crippen LogP contribution in [0.1, 0.15) is 60.8 Å². The van der Waals surface area contributed by atoms with Gasteiger partial charge in [0.2, 0.25) is 0 Å². The van der Waals surface area contributed by atoms with E-state index in [1.807, 2.05) is 34.6 Å². The number of ether oxygens (including phenoxy) is 5. The molecule has 4 rings (SSSR count). The zero-order valence-corrected chi connectivity index (χ0v) is 20.2. The molecule has 0 aromatic carbocycles. The lowest BCUT2D eigenvalue weighted by atomic mass is 9.82. The highest BCUT2D eigenvalue weighted by Crippen LogP contribution is 2.49. The van der Waals surface area contributed by atoms with Crippen molar-refractivity contribution in [3.8, 4) is 0 Å². The van der Waals surface area contributed by atoms with Gasteiger partial charge in [0.05, 0.1) is 23.7 Å². The van der Waals surface area contributed by atoms with Gasteiger partial charge >= 0.3 is 17.9 Å². The number of carbonyl (C=O) groups excluding carboxylic acids is 3. The minimum atomic E-state index is -0.984. The molecule has 3 fully saturated rings. The van der Waals surface area contributed by atoms with Crippen LogP contribution in [0.3, 0.4) is 0 Å². The Morgan fingerprint density at radius 2 is 1.91 bits per heavy atom. The predicted octanol–water partition coefficient (Wildman–Crippen LogP) is 3.03. The summed E-state index contributed by atoms with van der Waals surface area (Å²) < 4.78 is 28.8. The maximum Gasteiger partial charge on any atom is 0.341 e. The summed E-state index contributed by atoms with van der Waals surface area (Å²) in [6, 6.07) is 0. The Hall–Kier alpha value is -2.19. The molecule has 4 aliphatic rings. The van der Waals surface area contributed by atoms with Gasteiger partial charge in [-0.25, -0.2) is 9.59 Å². The number of hydrogen-bond acceptors (Lipinski definition) is 8. The third-order valence-electron chi connectivity index (χ3n) is 7.32. The molecule has 3 aliphatic heterocycles. The van der Waals surface area contributed by atoms with Gasteiger partial charge in [-0.1, -0.05) is 20.4 Å². The molecule has 0 saturated carbocycles. The average molecular weight is 463 g/mol. The lowest BCUT2D eigenvalue weighted by Crippen LogP contribution is -2.40. The fourth-order valence-corrected chi connectivity index (χ4v) is 4.82. The van der Waals surface area contributed by atoms with E-state index in [0.717, 1.165) is 5.57 Å². The van der Waals surface area contributed by atoms with Gasteiger partial charge in [-0.15, -0.1) is 0 Å². The molecule has 0 radical (unpaired) electrons.